The summed E-state index contributed by atoms with van der Waals surface area (Å²) < 4.78 is 32.1. The summed E-state index contributed by atoms with van der Waals surface area (Å²) in [4.78, 5) is 16.6. The van der Waals surface area contributed by atoms with Crippen molar-refractivity contribution in [1.82, 2.24) is 9.80 Å². The predicted molar refractivity (Wildman–Crippen MR) is 100.0 cm³/mol. The highest BCUT2D eigenvalue weighted by atomic mass is 19.1. The molecule has 1 aliphatic rings. The molecule has 0 spiro atoms. The van der Waals surface area contributed by atoms with Crippen molar-refractivity contribution in [3.63, 3.8) is 0 Å². The van der Waals surface area contributed by atoms with Crippen LogP contribution in [0, 0.1) is 18.6 Å². The second kappa shape index (κ2) is 8.95. The number of halogens is 2. The maximum atomic E-state index is 13.7. The standard InChI is InChI=1S/C21H24F2N2O2/c1-16-3-4-17(15-20(16)23)21(26)25-12-10-24(11-13-25)9-2-14-27-19-7-5-18(22)6-8-19/h3-8,15H,2,9-14H2,1H3. The molecule has 2 aromatic rings. The van der Waals surface area contributed by atoms with Gasteiger partial charge in [-0.25, -0.2) is 8.78 Å². The molecule has 0 radical (unpaired) electrons. The number of aryl methyl sites for hydroxylation is 1. The summed E-state index contributed by atoms with van der Waals surface area (Å²) in [6.07, 6.45) is 0.856. The van der Waals surface area contributed by atoms with Crippen molar-refractivity contribution in [3.05, 3.63) is 65.2 Å². The average molecular weight is 374 g/mol. The highest BCUT2D eigenvalue weighted by Crippen LogP contribution is 2.14. The SMILES string of the molecule is Cc1ccc(C(=O)N2CCN(CCCOc3ccc(F)cc3)CC2)cc1F. The van der Waals surface area contributed by atoms with Gasteiger partial charge in [0.25, 0.3) is 5.91 Å². The number of piperazine rings is 1. The number of benzene rings is 2. The van der Waals surface area contributed by atoms with Crippen molar-refractivity contribution in [1.29, 1.82) is 0 Å². The molecule has 1 fully saturated rings. The molecule has 0 saturated carbocycles. The molecule has 0 aromatic heterocycles. The number of hydrogen-bond donors (Lipinski definition) is 0. The third-order valence-corrected chi connectivity index (χ3v) is 4.78. The third-order valence-electron chi connectivity index (χ3n) is 4.78. The zero-order valence-corrected chi connectivity index (χ0v) is 15.5. The van der Waals surface area contributed by atoms with E-state index in [0.29, 0.717) is 36.6 Å². The van der Waals surface area contributed by atoms with E-state index in [2.05, 4.69) is 4.90 Å². The molecule has 6 heteroatoms. The van der Waals surface area contributed by atoms with E-state index in [1.54, 1.807) is 36.1 Å². The van der Waals surface area contributed by atoms with Gasteiger partial charge in [0.2, 0.25) is 0 Å². The Morgan fingerprint density at radius 2 is 1.74 bits per heavy atom. The Kier molecular flexibility index (Phi) is 6.40. The van der Waals surface area contributed by atoms with E-state index >= 15 is 0 Å². The van der Waals surface area contributed by atoms with Gasteiger partial charge in [-0.15, -0.1) is 0 Å². The van der Waals surface area contributed by atoms with Crippen LogP contribution < -0.4 is 4.74 Å². The van der Waals surface area contributed by atoms with Gasteiger partial charge in [-0.3, -0.25) is 9.69 Å². The van der Waals surface area contributed by atoms with Gasteiger partial charge in [0, 0.05) is 38.3 Å². The first-order valence-corrected chi connectivity index (χ1v) is 9.19. The summed E-state index contributed by atoms with van der Waals surface area (Å²) in [6.45, 7) is 5.96. The molecule has 3 rings (SSSR count). The monoisotopic (exact) mass is 374 g/mol. The number of rotatable bonds is 6. The van der Waals surface area contributed by atoms with E-state index in [0.717, 1.165) is 26.1 Å². The Balaban J connectivity index is 1.39. The van der Waals surface area contributed by atoms with E-state index in [1.807, 2.05) is 0 Å². The van der Waals surface area contributed by atoms with Crippen LogP contribution in [0.1, 0.15) is 22.3 Å². The van der Waals surface area contributed by atoms with E-state index in [9.17, 15) is 13.6 Å². The normalized spacial score (nSPS) is 15.0. The van der Waals surface area contributed by atoms with Crippen molar-refractivity contribution in [2.24, 2.45) is 0 Å². The molecule has 0 N–H and O–H groups in total. The highest BCUT2D eigenvalue weighted by Gasteiger charge is 2.22. The van der Waals surface area contributed by atoms with Crippen molar-refractivity contribution < 1.29 is 18.3 Å². The van der Waals surface area contributed by atoms with Gasteiger partial charge in [-0.05, 0) is 55.3 Å². The molecule has 0 atom stereocenters. The van der Waals surface area contributed by atoms with Gasteiger partial charge in [0.1, 0.15) is 17.4 Å². The molecular weight excluding hydrogens is 350 g/mol. The van der Waals surface area contributed by atoms with Crippen LogP contribution in [0.3, 0.4) is 0 Å². The summed E-state index contributed by atoms with van der Waals surface area (Å²) in [7, 11) is 0. The molecule has 144 valence electrons. The Bertz CT molecular complexity index is 772. The van der Waals surface area contributed by atoms with Crippen LogP contribution in [-0.4, -0.2) is 55.0 Å². The van der Waals surface area contributed by atoms with Crippen LogP contribution in [0.5, 0.6) is 5.75 Å². The number of carbonyl (C=O) groups excluding carboxylic acids is 1. The van der Waals surface area contributed by atoms with Gasteiger partial charge in [-0.1, -0.05) is 6.07 Å². The summed E-state index contributed by atoms with van der Waals surface area (Å²) in [5.74, 6) is -0.0749. The fourth-order valence-corrected chi connectivity index (χ4v) is 3.09. The lowest BCUT2D eigenvalue weighted by Crippen LogP contribution is -2.49. The molecular formula is C21H24F2N2O2. The van der Waals surface area contributed by atoms with Crippen molar-refractivity contribution in [2.45, 2.75) is 13.3 Å². The second-order valence-electron chi connectivity index (χ2n) is 6.75. The maximum Gasteiger partial charge on any atom is 0.254 e. The quantitative estimate of drug-likeness (QED) is 0.726. The van der Waals surface area contributed by atoms with Crippen LogP contribution in [0.4, 0.5) is 8.78 Å². The van der Waals surface area contributed by atoms with E-state index in [1.165, 1.54) is 18.2 Å². The van der Waals surface area contributed by atoms with Gasteiger partial charge in [0.05, 0.1) is 6.61 Å². The van der Waals surface area contributed by atoms with Crippen molar-refractivity contribution in [3.8, 4) is 5.75 Å². The minimum atomic E-state index is -0.347. The number of ether oxygens (including phenoxy) is 1. The number of amides is 1. The zero-order valence-electron chi connectivity index (χ0n) is 15.5. The third kappa shape index (κ3) is 5.26. The first-order chi connectivity index (χ1) is 13.0. The lowest BCUT2D eigenvalue weighted by molar-refractivity contribution is 0.0630. The molecule has 1 heterocycles. The first kappa shape index (κ1) is 19.3. The number of carbonyl (C=O) groups is 1. The molecule has 1 saturated heterocycles. The lowest BCUT2D eigenvalue weighted by atomic mass is 10.1. The molecule has 0 aliphatic carbocycles. The predicted octanol–water partition coefficient (Wildman–Crippen LogP) is 3.50. The van der Waals surface area contributed by atoms with Gasteiger partial charge >= 0.3 is 0 Å². The summed E-state index contributed by atoms with van der Waals surface area (Å²) in [6, 6.07) is 10.6. The molecule has 0 bridgehead atoms. The Labute approximate surface area is 158 Å². The van der Waals surface area contributed by atoms with Crippen molar-refractivity contribution in [2.75, 3.05) is 39.3 Å². The summed E-state index contributed by atoms with van der Waals surface area (Å²) in [5.41, 5.74) is 0.943. The Hall–Kier alpha value is -2.47. The first-order valence-electron chi connectivity index (χ1n) is 9.19. The minimum Gasteiger partial charge on any atom is -0.494 e. The highest BCUT2D eigenvalue weighted by molar-refractivity contribution is 5.94. The van der Waals surface area contributed by atoms with Crippen LogP contribution in [0.15, 0.2) is 42.5 Å². The lowest BCUT2D eigenvalue weighted by Gasteiger charge is -2.34. The largest absolute Gasteiger partial charge is 0.494 e. The van der Waals surface area contributed by atoms with Crippen LogP contribution in [0.25, 0.3) is 0 Å². The van der Waals surface area contributed by atoms with E-state index in [4.69, 9.17) is 4.74 Å². The average Bonchev–Trinajstić information content (AvgIpc) is 2.69. The molecule has 4 nitrogen and oxygen atoms in total. The van der Waals surface area contributed by atoms with Crippen LogP contribution >= 0.6 is 0 Å². The van der Waals surface area contributed by atoms with Gasteiger partial charge < -0.3 is 9.64 Å². The molecule has 0 unspecified atom stereocenters. The molecule has 1 aliphatic heterocycles. The van der Waals surface area contributed by atoms with Crippen molar-refractivity contribution >= 4 is 5.91 Å². The van der Waals surface area contributed by atoms with E-state index in [-0.39, 0.29) is 17.5 Å². The second-order valence-corrected chi connectivity index (χ2v) is 6.75. The Morgan fingerprint density at radius 1 is 1.04 bits per heavy atom. The maximum absolute atomic E-state index is 13.7. The number of nitrogens with zero attached hydrogens (tertiary/aromatic N) is 2. The van der Waals surface area contributed by atoms with E-state index < -0.39 is 0 Å². The summed E-state index contributed by atoms with van der Waals surface area (Å²) in [5, 5.41) is 0. The molecule has 1 amide bonds. The zero-order chi connectivity index (χ0) is 19.2. The molecule has 2 aromatic carbocycles. The Morgan fingerprint density at radius 3 is 2.41 bits per heavy atom. The minimum absolute atomic E-state index is 0.117. The fraction of sp³-hybridized carbons (Fsp3) is 0.381. The van der Waals surface area contributed by atoms with Crippen LogP contribution in [0.2, 0.25) is 0 Å². The smallest absolute Gasteiger partial charge is 0.254 e. The van der Waals surface area contributed by atoms with Gasteiger partial charge in [-0.2, -0.15) is 0 Å². The van der Waals surface area contributed by atoms with Gasteiger partial charge in [0.15, 0.2) is 0 Å². The fourth-order valence-electron chi connectivity index (χ4n) is 3.09. The van der Waals surface area contributed by atoms with Crippen LogP contribution in [-0.2, 0) is 0 Å². The number of hydrogen-bond acceptors (Lipinski definition) is 3. The summed E-state index contributed by atoms with van der Waals surface area (Å²) >= 11 is 0. The molecule has 27 heavy (non-hydrogen) atoms. The topological polar surface area (TPSA) is 32.8 Å².